The van der Waals surface area contributed by atoms with Gasteiger partial charge in [0.05, 0.1) is 11.9 Å². The van der Waals surface area contributed by atoms with E-state index in [1.54, 1.807) is 47.1 Å². The minimum atomic E-state index is -0.821. The first-order valence-corrected chi connectivity index (χ1v) is 10.8. The van der Waals surface area contributed by atoms with Crippen molar-refractivity contribution in [2.75, 3.05) is 5.32 Å². The van der Waals surface area contributed by atoms with Crippen LogP contribution in [0.5, 0.6) is 11.6 Å². The predicted octanol–water partition coefficient (Wildman–Crippen LogP) is 3.07. The third-order valence-corrected chi connectivity index (χ3v) is 5.37. The Hall–Kier alpha value is -5.06. The molecule has 36 heavy (non-hydrogen) atoms. The molecular formula is C25H19FN6O4. The van der Waals surface area contributed by atoms with E-state index in [4.69, 9.17) is 4.74 Å². The van der Waals surface area contributed by atoms with Gasteiger partial charge in [-0.15, -0.1) is 0 Å². The Kier molecular flexibility index (Phi) is 5.65. The number of hydrogen-bond donors (Lipinski definition) is 1. The summed E-state index contributed by atoms with van der Waals surface area (Å²) >= 11 is 0. The molecule has 5 aromatic rings. The molecule has 1 N–H and O–H groups in total. The van der Waals surface area contributed by atoms with Crippen molar-refractivity contribution >= 4 is 17.2 Å². The number of hydrogen-bond acceptors (Lipinski definition) is 6. The van der Waals surface area contributed by atoms with Gasteiger partial charge in [0.25, 0.3) is 11.5 Å². The number of ether oxygens (including phenoxy) is 1. The van der Waals surface area contributed by atoms with Crippen LogP contribution in [0, 0.1) is 12.7 Å². The second kappa shape index (κ2) is 8.95. The van der Waals surface area contributed by atoms with Crippen molar-refractivity contribution in [3.05, 3.63) is 111 Å². The SMILES string of the molecule is Cc1cc(Oc2ccc(NC(=O)c3cn(C)c(=O)n(-c4ccc(F)cc4)c3=O)cc2)n2nccc2n1. The summed E-state index contributed by atoms with van der Waals surface area (Å²) in [6.07, 6.45) is 2.79. The molecule has 0 radical (unpaired) electrons. The van der Waals surface area contributed by atoms with Gasteiger partial charge in [0, 0.05) is 36.8 Å². The number of rotatable bonds is 5. The zero-order chi connectivity index (χ0) is 25.4. The first kappa shape index (κ1) is 22.7. The topological polar surface area (TPSA) is 113 Å². The van der Waals surface area contributed by atoms with E-state index in [0.717, 1.165) is 27.0 Å². The van der Waals surface area contributed by atoms with Gasteiger partial charge in [0.15, 0.2) is 5.65 Å². The van der Waals surface area contributed by atoms with Crippen molar-refractivity contribution in [1.29, 1.82) is 0 Å². The number of anilines is 1. The molecule has 0 bridgehead atoms. The lowest BCUT2D eigenvalue weighted by Crippen LogP contribution is -2.41. The fraction of sp³-hybridized carbons (Fsp3) is 0.0800. The van der Waals surface area contributed by atoms with E-state index in [-0.39, 0.29) is 11.3 Å². The predicted molar refractivity (Wildman–Crippen MR) is 129 cm³/mol. The maximum Gasteiger partial charge on any atom is 0.335 e. The van der Waals surface area contributed by atoms with Gasteiger partial charge in [0.2, 0.25) is 5.88 Å². The van der Waals surface area contributed by atoms with Crippen LogP contribution in [0.2, 0.25) is 0 Å². The molecular weight excluding hydrogens is 467 g/mol. The van der Waals surface area contributed by atoms with Gasteiger partial charge in [-0.1, -0.05) is 0 Å². The highest BCUT2D eigenvalue weighted by Gasteiger charge is 2.18. The van der Waals surface area contributed by atoms with Crippen LogP contribution in [-0.4, -0.2) is 29.6 Å². The van der Waals surface area contributed by atoms with Gasteiger partial charge in [-0.25, -0.2) is 18.7 Å². The molecule has 0 aliphatic carbocycles. The molecule has 0 saturated heterocycles. The van der Waals surface area contributed by atoms with Crippen molar-refractivity contribution in [1.82, 2.24) is 23.7 Å². The molecule has 3 aromatic heterocycles. The lowest BCUT2D eigenvalue weighted by atomic mass is 10.2. The molecule has 0 aliphatic rings. The van der Waals surface area contributed by atoms with E-state index in [1.165, 1.54) is 25.4 Å². The molecule has 0 fully saturated rings. The molecule has 10 nitrogen and oxygen atoms in total. The van der Waals surface area contributed by atoms with E-state index in [2.05, 4.69) is 15.4 Å². The molecule has 2 aromatic carbocycles. The summed E-state index contributed by atoms with van der Waals surface area (Å²) < 4.78 is 22.7. The van der Waals surface area contributed by atoms with Crippen molar-refractivity contribution in [2.45, 2.75) is 6.92 Å². The number of benzene rings is 2. The van der Waals surface area contributed by atoms with Crippen molar-refractivity contribution in [3.8, 4) is 17.3 Å². The third kappa shape index (κ3) is 4.25. The Morgan fingerprint density at radius 3 is 2.47 bits per heavy atom. The number of nitrogens with one attached hydrogen (secondary N) is 1. The van der Waals surface area contributed by atoms with Crippen molar-refractivity contribution < 1.29 is 13.9 Å². The maximum atomic E-state index is 13.3. The number of fused-ring (bicyclic) bond motifs is 1. The zero-order valence-corrected chi connectivity index (χ0v) is 19.2. The van der Waals surface area contributed by atoms with Gasteiger partial charge in [0.1, 0.15) is 17.1 Å². The number of nitrogens with zero attached hydrogens (tertiary/aromatic N) is 5. The van der Waals surface area contributed by atoms with Crippen molar-refractivity contribution in [2.24, 2.45) is 7.05 Å². The molecule has 0 saturated carbocycles. The summed E-state index contributed by atoms with van der Waals surface area (Å²) in [7, 11) is 1.42. The van der Waals surface area contributed by atoms with E-state index in [0.29, 0.717) is 23.0 Å². The average Bonchev–Trinajstić information content (AvgIpc) is 3.32. The Morgan fingerprint density at radius 2 is 1.75 bits per heavy atom. The lowest BCUT2D eigenvalue weighted by molar-refractivity contribution is 0.102. The van der Waals surface area contributed by atoms with Gasteiger partial charge in [-0.2, -0.15) is 9.61 Å². The minimum absolute atomic E-state index is 0.149. The van der Waals surface area contributed by atoms with E-state index < -0.39 is 23.0 Å². The highest BCUT2D eigenvalue weighted by molar-refractivity contribution is 6.03. The van der Waals surface area contributed by atoms with E-state index in [1.807, 2.05) is 6.92 Å². The maximum absolute atomic E-state index is 13.3. The molecule has 0 spiro atoms. The highest BCUT2D eigenvalue weighted by Crippen LogP contribution is 2.24. The van der Waals surface area contributed by atoms with Crippen molar-refractivity contribution in [3.63, 3.8) is 0 Å². The molecule has 11 heteroatoms. The number of aromatic nitrogens is 5. The van der Waals surface area contributed by atoms with Gasteiger partial charge in [-0.05, 0) is 55.5 Å². The monoisotopic (exact) mass is 486 g/mol. The van der Waals surface area contributed by atoms with Crippen LogP contribution in [0.1, 0.15) is 16.1 Å². The largest absolute Gasteiger partial charge is 0.439 e. The summed E-state index contributed by atoms with van der Waals surface area (Å²) in [4.78, 5) is 42.8. The second-order valence-corrected chi connectivity index (χ2v) is 7.97. The normalized spacial score (nSPS) is 11.0. The standard InChI is InChI=1S/C25H19FN6O4/c1-15-13-22(32-21(28-15)11-12-27-32)36-19-9-5-17(6-10-19)29-23(33)20-14-30(2)25(35)31(24(20)34)18-7-3-16(26)4-8-18/h3-14H,1-2H3,(H,29,33). The zero-order valence-electron chi connectivity index (χ0n) is 19.2. The van der Waals surface area contributed by atoms with Crippen LogP contribution in [0.25, 0.3) is 11.3 Å². The molecule has 5 rings (SSSR count). The number of halogens is 1. The summed E-state index contributed by atoms with van der Waals surface area (Å²) in [6, 6.07) is 14.9. The molecule has 3 heterocycles. The van der Waals surface area contributed by atoms with E-state index in [9.17, 15) is 18.8 Å². The van der Waals surface area contributed by atoms with Crippen LogP contribution in [-0.2, 0) is 7.05 Å². The Bertz CT molecular complexity index is 1720. The summed E-state index contributed by atoms with van der Waals surface area (Å²) in [6.45, 7) is 1.85. The van der Waals surface area contributed by atoms with Crippen LogP contribution in [0.15, 0.2) is 82.6 Å². The first-order chi connectivity index (χ1) is 17.3. The molecule has 180 valence electrons. The number of carbonyl (C=O) groups is 1. The Morgan fingerprint density at radius 1 is 1.03 bits per heavy atom. The number of amides is 1. The summed E-state index contributed by atoms with van der Waals surface area (Å²) in [5.74, 6) is -0.247. The molecule has 1 amide bonds. The van der Waals surface area contributed by atoms with Crippen LogP contribution in [0.3, 0.4) is 0 Å². The number of carbonyl (C=O) groups excluding carboxylic acids is 1. The quantitative estimate of drug-likeness (QED) is 0.409. The van der Waals surface area contributed by atoms with Crippen LogP contribution >= 0.6 is 0 Å². The molecule has 0 aliphatic heterocycles. The van der Waals surface area contributed by atoms with E-state index >= 15 is 0 Å². The number of aryl methyl sites for hydroxylation is 2. The second-order valence-electron chi connectivity index (χ2n) is 7.97. The highest BCUT2D eigenvalue weighted by atomic mass is 19.1. The van der Waals surface area contributed by atoms with Gasteiger partial charge in [-0.3, -0.25) is 9.59 Å². The van der Waals surface area contributed by atoms with Crippen LogP contribution in [0.4, 0.5) is 10.1 Å². The average molecular weight is 486 g/mol. The lowest BCUT2D eigenvalue weighted by Gasteiger charge is -2.12. The Labute approximate surface area is 202 Å². The van der Waals surface area contributed by atoms with Crippen LogP contribution < -0.4 is 21.3 Å². The fourth-order valence-corrected chi connectivity index (χ4v) is 3.64. The summed E-state index contributed by atoms with van der Waals surface area (Å²) in [5, 5.41) is 6.85. The fourth-order valence-electron chi connectivity index (χ4n) is 3.64. The van der Waals surface area contributed by atoms with Gasteiger partial charge < -0.3 is 14.6 Å². The molecule has 0 unspecified atom stereocenters. The minimum Gasteiger partial charge on any atom is -0.439 e. The third-order valence-electron chi connectivity index (χ3n) is 5.37. The summed E-state index contributed by atoms with van der Waals surface area (Å²) in [5.41, 5.74) is 0.235. The first-order valence-electron chi connectivity index (χ1n) is 10.8. The van der Waals surface area contributed by atoms with Gasteiger partial charge >= 0.3 is 5.69 Å². The smallest absolute Gasteiger partial charge is 0.335 e. The molecule has 0 atom stereocenters. The Balaban J connectivity index is 1.39.